The third-order valence-electron chi connectivity index (χ3n) is 3.72. The van der Waals surface area contributed by atoms with E-state index in [0.29, 0.717) is 0 Å². The zero-order chi connectivity index (χ0) is 14.0. The van der Waals surface area contributed by atoms with Crippen LogP contribution in [0.3, 0.4) is 0 Å². The number of nitrogens with zero attached hydrogens (tertiary/aromatic N) is 3. The monoisotopic (exact) mass is 256 g/mol. The lowest BCUT2D eigenvalue weighted by Crippen LogP contribution is -2.40. The van der Waals surface area contributed by atoms with Crippen LogP contribution < -0.4 is 5.32 Å². The SMILES string of the molecule is CNC(C)(C#N)CC(C)n1c(C)nc2ccccc21. The molecule has 0 aliphatic heterocycles. The molecule has 2 rings (SSSR count). The second kappa shape index (κ2) is 5.02. The average Bonchev–Trinajstić information content (AvgIpc) is 2.74. The van der Waals surface area contributed by atoms with Gasteiger partial charge in [-0.25, -0.2) is 4.98 Å². The number of para-hydroxylation sites is 2. The topological polar surface area (TPSA) is 53.6 Å². The smallest absolute Gasteiger partial charge is 0.106 e. The molecule has 1 aromatic heterocycles. The molecule has 1 heterocycles. The minimum Gasteiger partial charge on any atom is -0.325 e. The number of rotatable bonds is 4. The third kappa shape index (κ3) is 2.47. The first-order chi connectivity index (χ1) is 9.00. The molecular weight excluding hydrogens is 236 g/mol. The Bertz CT molecular complexity index is 623. The van der Waals surface area contributed by atoms with Crippen molar-refractivity contribution in [3.63, 3.8) is 0 Å². The predicted molar refractivity (Wildman–Crippen MR) is 76.9 cm³/mol. The summed E-state index contributed by atoms with van der Waals surface area (Å²) in [6, 6.07) is 10.7. The molecule has 1 N–H and O–H groups in total. The summed E-state index contributed by atoms with van der Waals surface area (Å²) < 4.78 is 2.21. The van der Waals surface area contributed by atoms with Gasteiger partial charge in [-0.1, -0.05) is 12.1 Å². The number of aryl methyl sites for hydroxylation is 1. The second-order valence-electron chi connectivity index (χ2n) is 5.26. The highest BCUT2D eigenvalue weighted by atomic mass is 15.1. The van der Waals surface area contributed by atoms with Gasteiger partial charge in [-0.05, 0) is 46.4 Å². The quantitative estimate of drug-likeness (QED) is 0.915. The Hall–Kier alpha value is -1.86. The largest absolute Gasteiger partial charge is 0.325 e. The normalized spacial score (nSPS) is 15.9. The first kappa shape index (κ1) is 13.6. The Morgan fingerprint density at radius 2 is 2.16 bits per heavy atom. The van der Waals surface area contributed by atoms with Crippen LogP contribution in [0.1, 0.15) is 32.1 Å². The van der Waals surface area contributed by atoms with Gasteiger partial charge in [-0.15, -0.1) is 0 Å². The van der Waals surface area contributed by atoms with E-state index in [1.165, 1.54) is 0 Å². The van der Waals surface area contributed by atoms with E-state index in [9.17, 15) is 5.26 Å². The second-order valence-corrected chi connectivity index (χ2v) is 5.26. The molecule has 0 fully saturated rings. The summed E-state index contributed by atoms with van der Waals surface area (Å²) in [5, 5.41) is 12.4. The highest BCUT2D eigenvalue weighted by molar-refractivity contribution is 5.76. The Morgan fingerprint density at radius 1 is 1.47 bits per heavy atom. The van der Waals surface area contributed by atoms with Crippen molar-refractivity contribution in [3.8, 4) is 6.07 Å². The maximum atomic E-state index is 9.28. The van der Waals surface area contributed by atoms with E-state index in [1.54, 1.807) is 0 Å². The zero-order valence-electron chi connectivity index (χ0n) is 11.9. The van der Waals surface area contributed by atoms with Gasteiger partial charge in [-0.3, -0.25) is 0 Å². The Kier molecular flexibility index (Phi) is 3.59. The predicted octanol–water partition coefficient (Wildman–Crippen LogP) is 2.80. The molecule has 0 radical (unpaired) electrons. The number of nitrogens with one attached hydrogen (secondary N) is 1. The van der Waals surface area contributed by atoms with Crippen molar-refractivity contribution >= 4 is 11.0 Å². The van der Waals surface area contributed by atoms with E-state index in [-0.39, 0.29) is 6.04 Å². The summed E-state index contributed by atoms with van der Waals surface area (Å²) in [4.78, 5) is 4.58. The van der Waals surface area contributed by atoms with Crippen molar-refractivity contribution in [3.05, 3.63) is 30.1 Å². The van der Waals surface area contributed by atoms with E-state index in [0.717, 1.165) is 23.3 Å². The Morgan fingerprint density at radius 3 is 2.79 bits per heavy atom. The molecule has 2 atom stereocenters. The number of nitriles is 1. The van der Waals surface area contributed by atoms with Gasteiger partial charge >= 0.3 is 0 Å². The van der Waals surface area contributed by atoms with Crippen LogP contribution in [0.15, 0.2) is 24.3 Å². The average molecular weight is 256 g/mol. The summed E-state index contributed by atoms with van der Waals surface area (Å²) in [5.74, 6) is 0.991. The summed E-state index contributed by atoms with van der Waals surface area (Å²) >= 11 is 0. The number of fused-ring (bicyclic) bond motifs is 1. The zero-order valence-corrected chi connectivity index (χ0v) is 11.9. The minimum atomic E-state index is -0.517. The fourth-order valence-electron chi connectivity index (χ4n) is 2.61. The fourth-order valence-corrected chi connectivity index (χ4v) is 2.61. The van der Waals surface area contributed by atoms with Crippen LogP contribution in [0.5, 0.6) is 0 Å². The van der Waals surface area contributed by atoms with Gasteiger partial charge in [0.05, 0.1) is 17.1 Å². The van der Waals surface area contributed by atoms with E-state index in [1.807, 2.05) is 39.1 Å². The first-order valence-corrected chi connectivity index (χ1v) is 6.54. The van der Waals surface area contributed by atoms with Gasteiger partial charge in [0.1, 0.15) is 11.4 Å². The van der Waals surface area contributed by atoms with E-state index in [4.69, 9.17) is 0 Å². The molecule has 2 unspecified atom stereocenters. The lowest BCUT2D eigenvalue weighted by Gasteiger charge is -2.26. The van der Waals surface area contributed by atoms with Crippen LogP contribution >= 0.6 is 0 Å². The van der Waals surface area contributed by atoms with Crippen LogP contribution in [0, 0.1) is 18.3 Å². The summed E-state index contributed by atoms with van der Waals surface area (Å²) in [5.41, 5.74) is 1.62. The van der Waals surface area contributed by atoms with Crippen molar-refractivity contribution in [2.45, 2.75) is 38.8 Å². The van der Waals surface area contributed by atoms with Crippen LogP contribution in [-0.4, -0.2) is 22.1 Å². The third-order valence-corrected chi connectivity index (χ3v) is 3.72. The first-order valence-electron chi connectivity index (χ1n) is 6.54. The Balaban J connectivity index is 2.39. The standard InChI is InChI=1S/C15H20N4/c1-11(9-15(3,10-16)17-4)19-12(2)18-13-7-5-6-8-14(13)19/h5-8,11,17H,9H2,1-4H3. The number of aromatic nitrogens is 2. The molecule has 4 heteroatoms. The highest BCUT2D eigenvalue weighted by Crippen LogP contribution is 2.26. The Labute approximate surface area is 114 Å². The van der Waals surface area contributed by atoms with Gasteiger partial charge in [0.15, 0.2) is 0 Å². The number of benzene rings is 1. The molecule has 0 saturated heterocycles. The van der Waals surface area contributed by atoms with Crippen LogP contribution in [0.4, 0.5) is 0 Å². The molecule has 100 valence electrons. The molecule has 0 saturated carbocycles. The molecule has 2 aromatic rings. The van der Waals surface area contributed by atoms with E-state index in [2.05, 4.69) is 33.9 Å². The minimum absolute atomic E-state index is 0.212. The lowest BCUT2D eigenvalue weighted by atomic mass is 9.95. The summed E-state index contributed by atoms with van der Waals surface area (Å²) in [7, 11) is 1.83. The maximum Gasteiger partial charge on any atom is 0.106 e. The summed E-state index contributed by atoms with van der Waals surface area (Å²) in [6.45, 7) is 6.07. The molecule has 0 bridgehead atoms. The van der Waals surface area contributed by atoms with Crippen LogP contribution in [0.2, 0.25) is 0 Å². The molecule has 0 amide bonds. The molecule has 0 aliphatic carbocycles. The van der Waals surface area contributed by atoms with Gasteiger partial charge in [0.25, 0.3) is 0 Å². The molecule has 4 nitrogen and oxygen atoms in total. The number of hydrogen-bond acceptors (Lipinski definition) is 3. The maximum absolute atomic E-state index is 9.28. The van der Waals surface area contributed by atoms with E-state index >= 15 is 0 Å². The molecule has 0 aliphatic rings. The number of hydrogen-bond donors (Lipinski definition) is 1. The highest BCUT2D eigenvalue weighted by Gasteiger charge is 2.26. The van der Waals surface area contributed by atoms with Gasteiger partial charge in [0, 0.05) is 6.04 Å². The van der Waals surface area contributed by atoms with Crippen molar-refractivity contribution in [1.82, 2.24) is 14.9 Å². The molecule has 19 heavy (non-hydrogen) atoms. The van der Waals surface area contributed by atoms with Crippen molar-refractivity contribution in [1.29, 1.82) is 5.26 Å². The van der Waals surface area contributed by atoms with Gasteiger partial charge in [0.2, 0.25) is 0 Å². The van der Waals surface area contributed by atoms with Crippen LogP contribution in [-0.2, 0) is 0 Å². The van der Waals surface area contributed by atoms with Gasteiger partial charge in [-0.2, -0.15) is 5.26 Å². The summed E-state index contributed by atoms with van der Waals surface area (Å²) in [6.07, 6.45) is 0.737. The molecule has 0 spiro atoms. The van der Waals surface area contributed by atoms with Crippen molar-refractivity contribution in [2.24, 2.45) is 0 Å². The fraction of sp³-hybridized carbons (Fsp3) is 0.467. The van der Waals surface area contributed by atoms with E-state index < -0.39 is 5.54 Å². The van der Waals surface area contributed by atoms with Crippen molar-refractivity contribution in [2.75, 3.05) is 7.05 Å². The molecular formula is C15H20N4. The number of imidazole rings is 1. The van der Waals surface area contributed by atoms with Crippen molar-refractivity contribution < 1.29 is 0 Å². The lowest BCUT2D eigenvalue weighted by molar-refractivity contribution is 0.369. The van der Waals surface area contributed by atoms with Gasteiger partial charge < -0.3 is 9.88 Å². The van der Waals surface area contributed by atoms with Crippen LogP contribution in [0.25, 0.3) is 11.0 Å². The molecule has 1 aromatic carbocycles.